The Bertz CT molecular complexity index is 144. The van der Waals surface area contributed by atoms with Gasteiger partial charge in [-0.15, -0.1) is 0 Å². The largest absolute Gasteiger partial charge is 0.359 e. The number of hydrogen-bond acceptors (Lipinski definition) is 1. The average Bonchev–Trinajstić information content (AvgIpc) is 2.08. The van der Waals surface area contributed by atoms with Gasteiger partial charge >= 0.3 is 0 Å². The Kier molecular flexibility index (Phi) is 3.42. The van der Waals surface area contributed by atoms with Crippen LogP contribution in [0.1, 0.15) is 34.1 Å². The van der Waals surface area contributed by atoms with E-state index < -0.39 is 0 Å². The maximum atomic E-state index is 6.08. The van der Waals surface area contributed by atoms with Gasteiger partial charge in [0, 0.05) is 0 Å². The van der Waals surface area contributed by atoms with Crippen molar-refractivity contribution in [1.82, 2.24) is 0 Å². The van der Waals surface area contributed by atoms with Crippen LogP contribution in [0.2, 0.25) is 0 Å². The molecule has 1 rings (SSSR count). The summed E-state index contributed by atoms with van der Waals surface area (Å²) in [6.07, 6.45) is 1.43. The van der Waals surface area contributed by atoms with Gasteiger partial charge in [0.05, 0.1) is 6.10 Å². The minimum absolute atomic E-state index is 0.0823. The predicted molar refractivity (Wildman–Crippen MR) is 52.3 cm³/mol. The highest BCUT2D eigenvalue weighted by Gasteiger charge is 2.36. The van der Waals surface area contributed by atoms with Gasteiger partial charge in [0.25, 0.3) is 0 Å². The molecule has 2 heteroatoms. The van der Waals surface area contributed by atoms with Gasteiger partial charge in [-0.3, -0.25) is 0 Å². The number of hydrogen-bond donors (Lipinski definition) is 0. The minimum atomic E-state index is -0.0823. The summed E-state index contributed by atoms with van der Waals surface area (Å²) in [5.41, 5.74) is -0.0823. The van der Waals surface area contributed by atoms with Crippen LogP contribution in [0, 0.1) is 17.8 Å². The molecule has 0 aliphatic carbocycles. The van der Waals surface area contributed by atoms with Crippen molar-refractivity contribution in [3.8, 4) is 0 Å². The second-order valence-electron chi connectivity index (χ2n) is 4.01. The monoisotopic (exact) mass is 190 g/mol. The fraction of sp³-hybridized carbons (Fsp3) is 1.00. The molecule has 0 aromatic rings. The molecule has 1 nitrogen and oxygen atoms in total. The van der Waals surface area contributed by atoms with Crippen LogP contribution in [0.3, 0.4) is 0 Å². The summed E-state index contributed by atoms with van der Waals surface area (Å²) < 4.78 is 5.70. The van der Waals surface area contributed by atoms with E-state index in [1.54, 1.807) is 0 Å². The number of ether oxygens (including phenoxy) is 1. The predicted octanol–water partition coefficient (Wildman–Crippen LogP) is 3.27. The Hall–Kier alpha value is 0.250. The number of halogens is 1. The van der Waals surface area contributed by atoms with Gasteiger partial charge < -0.3 is 4.74 Å². The summed E-state index contributed by atoms with van der Waals surface area (Å²) in [4.78, 5) is 0. The van der Waals surface area contributed by atoms with Crippen LogP contribution in [0.4, 0.5) is 0 Å². The third kappa shape index (κ3) is 1.77. The van der Waals surface area contributed by atoms with E-state index in [-0.39, 0.29) is 5.56 Å². The summed E-state index contributed by atoms with van der Waals surface area (Å²) in [5.74, 6) is 1.79. The molecule has 1 aliphatic heterocycles. The van der Waals surface area contributed by atoms with Gasteiger partial charge in [-0.05, 0) is 24.2 Å². The standard InChI is InChI=1S/C10H19ClO/c1-5-9-7(3)6(2)8(4)10(11)12-9/h6-10H,5H2,1-4H3/t6-,7-,8?,9?,10?/m0/s1. The second kappa shape index (κ2) is 3.97. The maximum Gasteiger partial charge on any atom is 0.134 e. The van der Waals surface area contributed by atoms with Gasteiger partial charge in [0.2, 0.25) is 0 Å². The molecule has 0 bridgehead atoms. The highest BCUT2D eigenvalue weighted by Crippen LogP contribution is 2.37. The molecule has 0 aromatic heterocycles. The van der Waals surface area contributed by atoms with Crippen LogP contribution in [-0.2, 0) is 4.74 Å². The fourth-order valence-electron chi connectivity index (χ4n) is 1.94. The summed E-state index contributed by atoms with van der Waals surface area (Å²) in [7, 11) is 0. The first-order valence-corrected chi connectivity index (χ1v) is 5.31. The Morgan fingerprint density at radius 3 is 2.17 bits per heavy atom. The van der Waals surface area contributed by atoms with Crippen molar-refractivity contribution in [3.05, 3.63) is 0 Å². The van der Waals surface area contributed by atoms with E-state index in [0.717, 1.165) is 6.42 Å². The van der Waals surface area contributed by atoms with E-state index in [0.29, 0.717) is 23.9 Å². The van der Waals surface area contributed by atoms with Gasteiger partial charge in [-0.2, -0.15) is 0 Å². The zero-order chi connectivity index (χ0) is 9.30. The van der Waals surface area contributed by atoms with E-state index in [9.17, 15) is 0 Å². The summed E-state index contributed by atoms with van der Waals surface area (Å²) in [6, 6.07) is 0. The highest BCUT2D eigenvalue weighted by molar-refractivity contribution is 6.19. The van der Waals surface area contributed by atoms with Gasteiger partial charge in [0.1, 0.15) is 5.56 Å². The summed E-state index contributed by atoms with van der Waals surface area (Å²) >= 11 is 6.08. The first-order valence-electron chi connectivity index (χ1n) is 4.87. The second-order valence-corrected chi connectivity index (χ2v) is 4.44. The fourth-order valence-corrected chi connectivity index (χ4v) is 2.30. The van der Waals surface area contributed by atoms with Crippen molar-refractivity contribution < 1.29 is 4.74 Å². The van der Waals surface area contributed by atoms with Crippen LogP contribution >= 0.6 is 11.6 Å². The minimum Gasteiger partial charge on any atom is -0.359 e. The lowest BCUT2D eigenvalue weighted by atomic mass is 9.79. The zero-order valence-electron chi connectivity index (χ0n) is 8.38. The van der Waals surface area contributed by atoms with Crippen molar-refractivity contribution >= 4 is 11.6 Å². The number of alkyl halides is 1. The Morgan fingerprint density at radius 1 is 1.08 bits per heavy atom. The molecular formula is C10H19ClO. The van der Waals surface area contributed by atoms with Crippen LogP contribution in [-0.4, -0.2) is 11.7 Å². The van der Waals surface area contributed by atoms with Crippen molar-refractivity contribution in [1.29, 1.82) is 0 Å². The first kappa shape index (κ1) is 10.3. The first-order chi connectivity index (χ1) is 5.57. The van der Waals surface area contributed by atoms with Crippen LogP contribution in [0.15, 0.2) is 0 Å². The Labute approximate surface area is 80.4 Å². The smallest absolute Gasteiger partial charge is 0.134 e. The highest BCUT2D eigenvalue weighted by atomic mass is 35.5. The normalized spacial score (nSPS) is 49.2. The van der Waals surface area contributed by atoms with Gasteiger partial charge in [-0.25, -0.2) is 0 Å². The molecule has 0 amide bonds. The SMILES string of the molecule is CCC1OC(Cl)C(C)[C@@H](C)[C@@H]1C. The molecule has 1 saturated heterocycles. The molecule has 12 heavy (non-hydrogen) atoms. The van der Waals surface area contributed by atoms with Crippen molar-refractivity contribution in [2.75, 3.05) is 0 Å². The lowest BCUT2D eigenvalue weighted by molar-refractivity contribution is -0.0980. The molecule has 1 fully saturated rings. The van der Waals surface area contributed by atoms with E-state index in [1.807, 2.05) is 0 Å². The van der Waals surface area contributed by atoms with Crippen LogP contribution < -0.4 is 0 Å². The van der Waals surface area contributed by atoms with Crippen LogP contribution in [0.5, 0.6) is 0 Å². The van der Waals surface area contributed by atoms with Crippen molar-refractivity contribution in [3.63, 3.8) is 0 Å². The molecule has 3 unspecified atom stereocenters. The Balaban J connectivity index is 2.63. The quantitative estimate of drug-likeness (QED) is 0.577. The van der Waals surface area contributed by atoms with E-state index in [2.05, 4.69) is 27.7 Å². The average molecular weight is 191 g/mol. The molecule has 0 radical (unpaired) electrons. The zero-order valence-corrected chi connectivity index (χ0v) is 9.14. The van der Waals surface area contributed by atoms with E-state index in [1.165, 1.54) is 0 Å². The molecule has 0 N–H and O–H groups in total. The van der Waals surface area contributed by atoms with Crippen molar-refractivity contribution in [2.45, 2.75) is 45.8 Å². The number of rotatable bonds is 1. The summed E-state index contributed by atoms with van der Waals surface area (Å²) in [6.45, 7) is 8.87. The Morgan fingerprint density at radius 2 is 1.67 bits per heavy atom. The topological polar surface area (TPSA) is 9.23 Å². The molecule has 72 valence electrons. The lowest BCUT2D eigenvalue weighted by Gasteiger charge is -2.41. The molecule has 1 heterocycles. The lowest BCUT2D eigenvalue weighted by Crippen LogP contribution is -2.41. The van der Waals surface area contributed by atoms with Crippen molar-refractivity contribution in [2.24, 2.45) is 17.8 Å². The molecular weight excluding hydrogens is 172 g/mol. The van der Waals surface area contributed by atoms with Crippen LogP contribution in [0.25, 0.3) is 0 Å². The third-order valence-corrected chi connectivity index (χ3v) is 3.87. The van der Waals surface area contributed by atoms with Gasteiger partial charge in [0.15, 0.2) is 0 Å². The molecule has 5 atom stereocenters. The molecule has 1 aliphatic rings. The molecule has 0 aromatic carbocycles. The van der Waals surface area contributed by atoms with E-state index in [4.69, 9.17) is 16.3 Å². The summed E-state index contributed by atoms with van der Waals surface area (Å²) in [5, 5.41) is 0. The van der Waals surface area contributed by atoms with Gasteiger partial charge in [-0.1, -0.05) is 39.3 Å². The molecule has 0 saturated carbocycles. The third-order valence-electron chi connectivity index (χ3n) is 3.37. The maximum absolute atomic E-state index is 6.08. The van der Waals surface area contributed by atoms with E-state index >= 15 is 0 Å². The molecule has 0 spiro atoms.